The van der Waals surface area contributed by atoms with Crippen LogP contribution in [0.2, 0.25) is 0 Å². The fourth-order valence-corrected chi connectivity index (χ4v) is 4.17. The lowest BCUT2D eigenvalue weighted by Crippen LogP contribution is -2.36. The normalized spacial score (nSPS) is 26.2. The van der Waals surface area contributed by atoms with E-state index in [1.807, 2.05) is 0 Å². The van der Waals surface area contributed by atoms with Gasteiger partial charge in [-0.15, -0.1) is 0 Å². The molecule has 2 amide bonds. The van der Waals surface area contributed by atoms with E-state index in [-0.39, 0.29) is 23.7 Å². The maximum atomic E-state index is 11.8. The zero-order valence-electron chi connectivity index (χ0n) is 15.3. The Kier molecular flexibility index (Phi) is 5.06. The molecule has 0 unspecified atom stereocenters. The number of carbonyl (C=O) groups excluding carboxylic acids is 2. The molecular weight excluding hydrogens is 334 g/mol. The SMILES string of the molecule is CCCOCCN1CCn2nc(CN3C[C@@H]4C(=O)NC(=O)[C@@H]4C3)cc2C1. The number of fused-ring (bicyclic) bond motifs is 2. The van der Waals surface area contributed by atoms with E-state index >= 15 is 0 Å². The number of amides is 2. The molecule has 4 heterocycles. The van der Waals surface area contributed by atoms with Gasteiger partial charge in [0, 0.05) is 45.9 Å². The van der Waals surface area contributed by atoms with Gasteiger partial charge < -0.3 is 4.74 Å². The molecule has 2 atom stereocenters. The van der Waals surface area contributed by atoms with Crippen molar-refractivity contribution < 1.29 is 14.3 Å². The highest BCUT2D eigenvalue weighted by atomic mass is 16.5. The van der Waals surface area contributed by atoms with Gasteiger partial charge in [-0.25, -0.2) is 0 Å². The van der Waals surface area contributed by atoms with Crippen molar-refractivity contribution in [1.82, 2.24) is 24.9 Å². The summed E-state index contributed by atoms with van der Waals surface area (Å²) in [5, 5.41) is 7.15. The minimum atomic E-state index is -0.182. The first-order valence-corrected chi connectivity index (χ1v) is 9.57. The molecule has 26 heavy (non-hydrogen) atoms. The first-order valence-electron chi connectivity index (χ1n) is 9.57. The summed E-state index contributed by atoms with van der Waals surface area (Å²) >= 11 is 0. The van der Waals surface area contributed by atoms with E-state index in [1.165, 1.54) is 5.69 Å². The summed E-state index contributed by atoms with van der Waals surface area (Å²) in [5.74, 6) is -0.600. The van der Waals surface area contributed by atoms with Crippen LogP contribution in [0.5, 0.6) is 0 Å². The van der Waals surface area contributed by atoms with Crippen molar-refractivity contribution in [2.24, 2.45) is 11.8 Å². The number of rotatable bonds is 7. The Morgan fingerprint density at radius 2 is 1.92 bits per heavy atom. The predicted molar refractivity (Wildman–Crippen MR) is 94.0 cm³/mol. The first kappa shape index (κ1) is 17.6. The van der Waals surface area contributed by atoms with Crippen molar-refractivity contribution in [1.29, 1.82) is 0 Å². The highest BCUT2D eigenvalue weighted by molar-refractivity contribution is 6.05. The van der Waals surface area contributed by atoms with Crippen molar-refractivity contribution in [3.8, 4) is 0 Å². The molecule has 0 bridgehead atoms. The number of hydrogen-bond donors (Lipinski definition) is 1. The van der Waals surface area contributed by atoms with E-state index < -0.39 is 0 Å². The van der Waals surface area contributed by atoms with E-state index in [1.54, 1.807) is 0 Å². The average Bonchev–Trinajstić information content (AvgIpc) is 3.28. The molecule has 2 fully saturated rings. The zero-order chi connectivity index (χ0) is 18.1. The Labute approximate surface area is 153 Å². The molecule has 8 heteroatoms. The molecule has 1 aromatic heterocycles. The van der Waals surface area contributed by atoms with Gasteiger partial charge in [-0.3, -0.25) is 29.4 Å². The predicted octanol–water partition coefficient (Wildman–Crippen LogP) is -0.170. The molecule has 0 spiro atoms. The minimum absolute atomic E-state index is 0.118. The second-order valence-corrected chi connectivity index (χ2v) is 7.50. The Morgan fingerprint density at radius 3 is 2.65 bits per heavy atom. The molecule has 1 N–H and O–H groups in total. The monoisotopic (exact) mass is 361 g/mol. The topological polar surface area (TPSA) is 79.7 Å². The van der Waals surface area contributed by atoms with Crippen LogP contribution < -0.4 is 5.32 Å². The van der Waals surface area contributed by atoms with Gasteiger partial charge in [-0.2, -0.15) is 5.10 Å². The van der Waals surface area contributed by atoms with Gasteiger partial charge in [0.15, 0.2) is 0 Å². The number of hydrogen-bond acceptors (Lipinski definition) is 6. The summed E-state index contributed by atoms with van der Waals surface area (Å²) in [6.45, 7) is 9.46. The third-order valence-electron chi connectivity index (χ3n) is 5.53. The molecular formula is C18H27N5O3. The maximum Gasteiger partial charge on any atom is 0.231 e. The van der Waals surface area contributed by atoms with Crippen LogP contribution in [0.3, 0.4) is 0 Å². The third-order valence-corrected chi connectivity index (χ3v) is 5.53. The van der Waals surface area contributed by atoms with E-state index in [0.717, 1.165) is 51.5 Å². The van der Waals surface area contributed by atoms with Gasteiger partial charge in [0.25, 0.3) is 0 Å². The fourth-order valence-electron chi connectivity index (χ4n) is 4.17. The van der Waals surface area contributed by atoms with Gasteiger partial charge in [0.2, 0.25) is 11.8 Å². The summed E-state index contributed by atoms with van der Waals surface area (Å²) in [5.41, 5.74) is 2.26. The first-order chi connectivity index (χ1) is 12.6. The summed E-state index contributed by atoms with van der Waals surface area (Å²) in [6, 6.07) is 2.16. The molecule has 8 nitrogen and oxygen atoms in total. The standard InChI is InChI=1S/C18H27N5O3/c1-2-6-26-7-5-21-3-4-23-14(10-21)8-13(20-23)9-22-11-15-16(12-22)18(25)19-17(15)24/h8,15-16H,2-7,9-12H2,1H3,(H,19,24,25)/t15-,16+. The largest absolute Gasteiger partial charge is 0.380 e. The maximum absolute atomic E-state index is 11.8. The van der Waals surface area contributed by atoms with Crippen molar-refractivity contribution in [3.63, 3.8) is 0 Å². The van der Waals surface area contributed by atoms with Crippen molar-refractivity contribution in [3.05, 3.63) is 17.5 Å². The Bertz CT molecular complexity index is 666. The second-order valence-electron chi connectivity index (χ2n) is 7.50. The van der Waals surface area contributed by atoms with Crippen LogP contribution in [0.4, 0.5) is 0 Å². The molecule has 0 radical (unpaired) electrons. The Morgan fingerprint density at radius 1 is 1.15 bits per heavy atom. The van der Waals surface area contributed by atoms with Gasteiger partial charge in [-0.1, -0.05) is 6.92 Å². The molecule has 0 aromatic carbocycles. The van der Waals surface area contributed by atoms with Gasteiger partial charge >= 0.3 is 0 Å². The molecule has 3 aliphatic rings. The Hall–Kier alpha value is -1.77. The van der Waals surface area contributed by atoms with E-state index in [0.29, 0.717) is 19.6 Å². The molecule has 0 aliphatic carbocycles. The number of nitrogens with zero attached hydrogens (tertiary/aromatic N) is 4. The van der Waals surface area contributed by atoms with Crippen LogP contribution in [-0.4, -0.2) is 70.8 Å². The van der Waals surface area contributed by atoms with Gasteiger partial charge in [-0.05, 0) is 12.5 Å². The molecule has 3 aliphatic heterocycles. The number of nitrogens with one attached hydrogen (secondary N) is 1. The van der Waals surface area contributed by atoms with Crippen LogP contribution >= 0.6 is 0 Å². The lowest BCUT2D eigenvalue weighted by Gasteiger charge is -2.27. The van der Waals surface area contributed by atoms with Crippen LogP contribution in [0, 0.1) is 11.8 Å². The second kappa shape index (κ2) is 7.46. The van der Waals surface area contributed by atoms with Gasteiger partial charge in [0.1, 0.15) is 0 Å². The zero-order valence-corrected chi connectivity index (χ0v) is 15.3. The number of likely N-dealkylation sites (tertiary alicyclic amines) is 1. The van der Waals surface area contributed by atoms with Gasteiger partial charge in [0.05, 0.1) is 36.4 Å². The van der Waals surface area contributed by atoms with Crippen molar-refractivity contribution >= 4 is 11.8 Å². The highest BCUT2D eigenvalue weighted by Gasteiger charge is 2.47. The van der Waals surface area contributed by atoms with Crippen molar-refractivity contribution in [2.75, 3.05) is 39.4 Å². The van der Waals surface area contributed by atoms with E-state index in [9.17, 15) is 9.59 Å². The number of imide groups is 1. The number of carbonyl (C=O) groups is 2. The number of ether oxygens (including phenoxy) is 1. The number of aromatic nitrogens is 2. The summed E-state index contributed by atoms with van der Waals surface area (Å²) in [7, 11) is 0. The third kappa shape index (κ3) is 3.54. The summed E-state index contributed by atoms with van der Waals surface area (Å²) in [6.07, 6.45) is 1.06. The minimum Gasteiger partial charge on any atom is -0.380 e. The molecule has 2 saturated heterocycles. The molecule has 142 valence electrons. The lowest BCUT2D eigenvalue weighted by molar-refractivity contribution is -0.126. The molecule has 1 aromatic rings. The summed E-state index contributed by atoms with van der Waals surface area (Å²) in [4.78, 5) is 28.2. The highest BCUT2D eigenvalue weighted by Crippen LogP contribution is 2.29. The lowest BCUT2D eigenvalue weighted by atomic mass is 10.00. The van der Waals surface area contributed by atoms with Crippen LogP contribution in [0.1, 0.15) is 24.7 Å². The average molecular weight is 361 g/mol. The van der Waals surface area contributed by atoms with Crippen LogP contribution in [-0.2, 0) is 34.0 Å². The molecule has 0 saturated carbocycles. The quantitative estimate of drug-likeness (QED) is 0.537. The summed E-state index contributed by atoms with van der Waals surface area (Å²) < 4.78 is 7.68. The fraction of sp³-hybridized carbons (Fsp3) is 0.722. The van der Waals surface area contributed by atoms with Crippen LogP contribution in [0.15, 0.2) is 6.07 Å². The Balaban J connectivity index is 1.31. The van der Waals surface area contributed by atoms with Crippen molar-refractivity contribution in [2.45, 2.75) is 33.0 Å². The van der Waals surface area contributed by atoms with E-state index in [2.05, 4.69) is 32.8 Å². The van der Waals surface area contributed by atoms with E-state index in [4.69, 9.17) is 9.84 Å². The smallest absolute Gasteiger partial charge is 0.231 e. The van der Waals surface area contributed by atoms with Crippen LogP contribution in [0.25, 0.3) is 0 Å². The molecule has 4 rings (SSSR count).